The molecule has 1 aromatic heterocycles. The number of nitrogens with zero attached hydrogens (tertiary/aromatic N) is 2. The van der Waals surface area contributed by atoms with E-state index < -0.39 is 15.8 Å². The molecule has 0 saturated carbocycles. The van der Waals surface area contributed by atoms with Crippen molar-refractivity contribution < 1.29 is 12.8 Å². The van der Waals surface area contributed by atoms with E-state index in [0.717, 1.165) is 29.6 Å². The van der Waals surface area contributed by atoms with Gasteiger partial charge in [0, 0.05) is 30.1 Å². The Labute approximate surface area is 140 Å². The van der Waals surface area contributed by atoms with Crippen molar-refractivity contribution in [3.8, 4) is 0 Å². The molecule has 0 atom stereocenters. The second kappa shape index (κ2) is 6.30. The summed E-state index contributed by atoms with van der Waals surface area (Å²) in [5, 5.41) is 3.11. The number of halogens is 1. The molecule has 1 aliphatic heterocycles. The van der Waals surface area contributed by atoms with Crippen LogP contribution in [0.5, 0.6) is 0 Å². The van der Waals surface area contributed by atoms with Crippen LogP contribution in [0.25, 0.3) is 0 Å². The Balaban J connectivity index is 1.74. The van der Waals surface area contributed by atoms with Gasteiger partial charge in [-0.3, -0.25) is 0 Å². The lowest BCUT2D eigenvalue weighted by Gasteiger charge is -2.30. The second-order valence-corrected chi connectivity index (χ2v) is 8.74. The highest BCUT2D eigenvalue weighted by molar-refractivity contribution is 7.89. The molecule has 1 aliphatic rings. The van der Waals surface area contributed by atoms with Gasteiger partial charge in [0.05, 0.1) is 9.90 Å². The van der Waals surface area contributed by atoms with Gasteiger partial charge in [-0.25, -0.2) is 17.8 Å². The average Bonchev–Trinajstić information content (AvgIpc) is 2.96. The normalized spacial score (nSPS) is 17.5. The van der Waals surface area contributed by atoms with Crippen molar-refractivity contribution in [1.82, 2.24) is 9.29 Å². The summed E-state index contributed by atoms with van der Waals surface area (Å²) in [6.45, 7) is 4.47. The molecule has 0 radical (unpaired) electrons. The molecule has 0 bridgehead atoms. The number of hydrogen-bond donors (Lipinski definition) is 0. The molecule has 1 saturated heterocycles. The van der Waals surface area contributed by atoms with Crippen molar-refractivity contribution in [2.24, 2.45) is 0 Å². The lowest BCUT2D eigenvalue weighted by Crippen LogP contribution is -2.37. The van der Waals surface area contributed by atoms with Crippen LogP contribution < -0.4 is 0 Å². The predicted octanol–water partition coefficient (Wildman–Crippen LogP) is 3.47. The number of piperidine rings is 1. The van der Waals surface area contributed by atoms with Gasteiger partial charge in [0.1, 0.15) is 5.82 Å². The first kappa shape index (κ1) is 16.5. The third-order valence-corrected chi connectivity index (χ3v) is 7.24. The van der Waals surface area contributed by atoms with Crippen LogP contribution in [0.4, 0.5) is 4.39 Å². The maximum atomic E-state index is 13.7. The van der Waals surface area contributed by atoms with Gasteiger partial charge in [-0.15, -0.1) is 11.3 Å². The summed E-state index contributed by atoms with van der Waals surface area (Å²) in [6.07, 6.45) is 1.50. The van der Waals surface area contributed by atoms with E-state index in [1.54, 1.807) is 18.3 Å². The molecule has 1 aromatic carbocycles. The van der Waals surface area contributed by atoms with E-state index in [9.17, 15) is 12.8 Å². The molecule has 0 spiro atoms. The average molecular weight is 354 g/mol. The van der Waals surface area contributed by atoms with E-state index >= 15 is 0 Å². The van der Waals surface area contributed by atoms with Crippen LogP contribution in [-0.2, 0) is 10.0 Å². The molecule has 0 unspecified atom stereocenters. The molecular weight excluding hydrogens is 335 g/mol. The van der Waals surface area contributed by atoms with Crippen LogP contribution in [0, 0.1) is 19.7 Å². The highest BCUT2D eigenvalue weighted by Gasteiger charge is 2.31. The fourth-order valence-corrected chi connectivity index (χ4v) is 5.24. The Morgan fingerprint density at radius 3 is 2.52 bits per heavy atom. The maximum Gasteiger partial charge on any atom is 0.243 e. The van der Waals surface area contributed by atoms with Crippen molar-refractivity contribution in [2.75, 3.05) is 13.1 Å². The molecule has 0 amide bonds. The van der Waals surface area contributed by atoms with Crippen molar-refractivity contribution in [3.05, 3.63) is 45.7 Å². The third-order valence-electron chi connectivity index (χ3n) is 4.22. The van der Waals surface area contributed by atoms with Crippen molar-refractivity contribution in [1.29, 1.82) is 0 Å². The summed E-state index contributed by atoms with van der Waals surface area (Å²) < 4.78 is 40.4. The summed E-state index contributed by atoms with van der Waals surface area (Å²) in [4.78, 5) is 4.53. The zero-order valence-electron chi connectivity index (χ0n) is 13.1. The monoisotopic (exact) mass is 354 g/mol. The summed E-state index contributed by atoms with van der Waals surface area (Å²) in [5.41, 5.74) is 1.46. The Morgan fingerprint density at radius 2 is 1.96 bits per heavy atom. The quantitative estimate of drug-likeness (QED) is 0.848. The van der Waals surface area contributed by atoms with Crippen LogP contribution in [0.15, 0.2) is 28.5 Å². The third kappa shape index (κ3) is 3.32. The van der Waals surface area contributed by atoms with Gasteiger partial charge < -0.3 is 0 Å². The molecule has 3 rings (SSSR count). The highest BCUT2D eigenvalue weighted by atomic mass is 32.2. The molecule has 124 valence electrons. The molecule has 0 aliphatic carbocycles. The van der Waals surface area contributed by atoms with Crippen LogP contribution in [0.1, 0.15) is 35.0 Å². The first-order chi connectivity index (χ1) is 10.9. The van der Waals surface area contributed by atoms with Crippen LogP contribution >= 0.6 is 11.3 Å². The van der Waals surface area contributed by atoms with Gasteiger partial charge in [0.15, 0.2) is 0 Å². The van der Waals surface area contributed by atoms with E-state index in [1.807, 2.05) is 12.3 Å². The fourth-order valence-electron chi connectivity index (χ4n) is 2.79. The fraction of sp³-hybridized carbons (Fsp3) is 0.438. The van der Waals surface area contributed by atoms with E-state index in [2.05, 4.69) is 4.98 Å². The molecular formula is C16H19FN2O2S2. The van der Waals surface area contributed by atoms with E-state index in [-0.39, 0.29) is 4.90 Å². The lowest BCUT2D eigenvalue weighted by atomic mass is 9.99. The molecule has 2 aromatic rings. The number of sulfonamides is 1. The number of rotatable bonds is 3. The SMILES string of the molecule is Cc1csc(C2CCN(S(=O)(=O)c3ccc(C)c(F)c3)CC2)n1. The molecule has 1 fully saturated rings. The topological polar surface area (TPSA) is 50.3 Å². The molecule has 0 N–H and O–H groups in total. The molecule has 23 heavy (non-hydrogen) atoms. The summed E-state index contributed by atoms with van der Waals surface area (Å²) >= 11 is 1.64. The molecule has 7 heteroatoms. The molecule has 4 nitrogen and oxygen atoms in total. The minimum atomic E-state index is -3.63. The van der Waals surface area contributed by atoms with Crippen LogP contribution in [-0.4, -0.2) is 30.8 Å². The van der Waals surface area contributed by atoms with E-state index in [4.69, 9.17) is 0 Å². The summed E-state index contributed by atoms with van der Waals surface area (Å²) in [6, 6.07) is 4.10. The Bertz CT molecular complexity index is 809. The zero-order chi connectivity index (χ0) is 16.6. The Kier molecular flexibility index (Phi) is 4.53. The van der Waals surface area contributed by atoms with Crippen LogP contribution in [0.2, 0.25) is 0 Å². The van der Waals surface area contributed by atoms with Gasteiger partial charge in [0.25, 0.3) is 0 Å². The number of aryl methyl sites for hydroxylation is 2. The first-order valence-corrected chi connectivity index (χ1v) is 9.88. The maximum absolute atomic E-state index is 13.7. The van der Waals surface area contributed by atoms with Gasteiger partial charge in [-0.2, -0.15) is 4.31 Å². The highest BCUT2D eigenvalue weighted by Crippen LogP contribution is 2.32. The predicted molar refractivity (Wildman–Crippen MR) is 88.7 cm³/mol. The Hall–Kier alpha value is -1.31. The van der Waals surface area contributed by atoms with Gasteiger partial charge in [-0.05, 0) is 44.4 Å². The standard InChI is InChI=1S/C16H19FN2O2S2/c1-11-3-4-14(9-15(11)17)23(20,21)19-7-5-13(6-8-19)16-18-12(2)10-22-16/h3-4,9-10,13H,5-8H2,1-2H3. The zero-order valence-corrected chi connectivity index (χ0v) is 14.8. The summed E-state index contributed by atoms with van der Waals surface area (Å²) in [5.74, 6) is -0.172. The number of hydrogen-bond acceptors (Lipinski definition) is 4. The summed E-state index contributed by atoms with van der Waals surface area (Å²) in [7, 11) is -3.63. The number of thiazole rings is 1. The smallest absolute Gasteiger partial charge is 0.243 e. The van der Waals surface area contributed by atoms with Crippen LogP contribution in [0.3, 0.4) is 0 Å². The number of benzene rings is 1. The largest absolute Gasteiger partial charge is 0.246 e. The van der Waals surface area contributed by atoms with E-state index in [0.29, 0.717) is 24.6 Å². The van der Waals surface area contributed by atoms with Gasteiger partial charge in [0.2, 0.25) is 10.0 Å². The van der Waals surface area contributed by atoms with Gasteiger partial charge in [-0.1, -0.05) is 6.07 Å². The Morgan fingerprint density at radius 1 is 1.26 bits per heavy atom. The van der Waals surface area contributed by atoms with Gasteiger partial charge >= 0.3 is 0 Å². The van der Waals surface area contributed by atoms with Crippen molar-refractivity contribution in [3.63, 3.8) is 0 Å². The van der Waals surface area contributed by atoms with Crippen molar-refractivity contribution in [2.45, 2.75) is 37.5 Å². The first-order valence-electron chi connectivity index (χ1n) is 7.56. The number of aromatic nitrogens is 1. The second-order valence-electron chi connectivity index (χ2n) is 5.92. The minimum absolute atomic E-state index is 0.0316. The van der Waals surface area contributed by atoms with E-state index in [1.165, 1.54) is 16.4 Å². The minimum Gasteiger partial charge on any atom is -0.246 e. The molecule has 2 heterocycles. The van der Waals surface area contributed by atoms with Crippen molar-refractivity contribution >= 4 is 21.4 Å². The lowest BCUT2D eigenvalue weighted by molar-refractivity contribution is 0.319.